The van der Waals surface area contributed by atoms with E-state index in [0.29, 0.717) is 11.3 Å². The molecule has 1 aromatic carbocycles. The van der Waals surface area contributed by atoms with Crippen LogP contribution in [0.3, 0.4) is 0 Å². The second kappa shape index (κ2) is 6.39. The number of benzene rings is 1. The van der Waals surface area contributed by atoms with Gasteiger partial charge in [0.2, 0.25) is 0 Å². The molecule has 1 aliphatic carbocycles. The van der Waals surface area contributed by atoms with Crippen LogP contribution < -0.4 is 21.9 Å². The Kier molecular flexibility index (Phi) is 4.26. The number of anilines is 1. The first-order valence-corrected chi connectivity index (χ1v) is 7.87. The average Bonchev–Trinajstić information content (AvgIpc) is 3.40. The van der Waals surface area contributed by atoms with Crippen molar-refractivity contribution in [3.8, 4) is 0 Å². The summed E-state index contributed by atoms with van der Waals surface area (Å²) in [6, 6.07) is 7.87. The predicted octanol–water partition coefficient (Wildman–Crippen LogP) is 0.228. The third-order valence-electron chi connectivity index (χ3n) is 4.09. The second-order valence-corrected chi connectivity index (χ2v) is 6.02. The van der Waals surface area contributed by atoms with Crippen LogP contribution in [-0.4, -0.2) is 27.0 Å². The summed E-state index contributed by atoms with van der Waals surface area (Å²) in [6.45, 7) is 0. The topological polar surface area (TPSA) is 102 Å². The Morgan fingerprint density at radius 2 is 1.72 bits per heavy atom. The van der Waals surface area contributed by atoms with Crippen LogP contribution in [0.2, 0.25) is 0 Å². The monoisotopic (exact) mass is 342 g/mol. The molecule has 2 N–H and O–H groups in total. The summed E-state index contributed by atoms with van der Waals surface area (Å²) in [7, 11) is 2.74. The number of nitrogens with zero attached hydrogens (tertiary/aromatic N) is 2. The maximum Gasteiger partial charge on any atom is 0.331 e. The fraction of sp³-hybridized carbons (Fsp3) is 0.294. The van der Waals surface area contributed by atoms with Gasteiger partial charge in [-0.25, -0.2) is 4.79 Å². The van der Waals surface area contributed by atoms with E-state index < -0.39 is 17.2 Å². The number of para-hydroxylation sites is 1. The molecule has 1 aromatic heterocycles. The van der Waals surface area contributed by atoms with E-state index in [0.717, 1.165) is 28.0 Å². The van der Waals surface area contributed by atoms with E-state index >= 15 is 0 Å². The molecule has 2 aromatic rings. The van der Waals surface area contributed by atoms with Gasteiger partial charge in [0.05, 0.1) is 11.3 Å². The Morgan fingerprint density at radius 1 is 1.04 bits per heavy atom. The van der Waals surface area contributed by atoms with Gasteiger partial charge >= 0.3 is 5.69 Å². The SMILES string of the molecule is Cn1c(C(=O)Nc2ccccc2C(=O)NC2CC2)cc(=O)n(C)c1=O. The highest BCUT2D eigenvalue weighted by atomic mass is 16.2. The molecule has 0 saturated heterocycles. The number of aromatic nitrogens is 2. The molecule has 0 radical (unpaired) electrons. The summed E-state index contributed by atoms with van der Waals surface area (Å²) < 4.78 is 2.00. The quantitative estimate of drug-likeness (QED) is 0.830. The number of hydrogen-bond acceptors (Lipinski definition) is 4. The summed E-state index contributed by atoms with van der Waals surface area (Å²) >= 11 is 0. The van der Waals surface area contributed by atoms with Gasteiger partial charge in [-0.3, -0.25) is 23.5 Å². The van der Waals surface area contributed by atoms with Crippen LogP contribution in [0.25, 0.3) is 0 Å². The van der Waals surface area contributed by atoms with Crippen molar-refractivity contribution in [2.75, 3.05) is 5.32 Å². The molecule has 0 atom stereocenters. The number of amides is 2. The predicted molar refractivity (Wildman–Crippen MR) is 91.8 cm³/mol. The van der Waals surface area contributed by atoms with Crippen molar-refractivity contribution in [2.24, 2.45) is 14.1 Å². The Labute approximate surface area is 143 Å². The molecule has 0 unspecified atom stereocenters. The molecule has 0 bridgehead atoms. The maximum absolute atomic E-state index is 12.5. The van der Waals surface area contributed by atoms with E-state index in [9.17, 15) is 19.2 Å². The van der Waals surface area contributed by atoms with Crippen molar-refractivity contribution in [3.63, 3.8) is 0 Å². The smallest absolute Gasteiger partial charge is 0.331 e. The second-order valence-electron chi connectivity index (χ2n) is 6.02. The molecule has 2 amide bonds. The molecule has 3 rings (SSSR count). The largest absolute Gasteiger partial charge is 0.349 e. The molecule has 1 aliphatic rings. The molecule has 0 spiro atoms. The first kappa shape index (κ1) is 16.7. The molecule has 0 aliphatic heterocycles. The van der Waals surface area contributed by atoms with Gasteiger partial charge in [0, 0.05) is 26.2 Å². The van der Waals surface area contributed by atoms with Crippen molar-refractivity contribution in [3.05, 3.63) is 62.4 Å². The number of hydrogen-bond donors (Lipinski definition) is 2. The zero-order valence-electron chi connectivity index (χ0n) is 13.9. The first-order valence-electron chi connectivity index (χ1n) is 7.87. The summed E-state index contributed by atoms with van der Waals surface area (Å²) in [4.78, 5) is 48.5. The van der Waals surface area contributed by atoms with Gasteiger partial charge in [0.1, 0.15) is 5.69 Å². The lowest BCUT2D eigenvalue weighted by atomic mass is 10.1. The lowest BCUT2D eigenvalue weighted by Crippen LogP contribution is -2.40. The van der Waals surface area contributed by atoms with Gasteiger partial charge in [-0.05, 0) is 25.0 Å². The van der Waals surface area contributed by atoms with E-state index in [4.69, 9.17) is 0 Å². The van der Waals surface area contributed by atoms with E-state index in [2.05, 4.69) is 10.6 Å². The Hall–Kier alpha value is -3.16. The van der Waals surface area contributed by atoms with Crippen LogP contribution in [0.5, 0.6) is 0 Å². The zero-order valence-corrected chi connectivity index (χ0v) is 13.9. The van der Waals surface area contributed by atoms with Crippen molar-refractivity contribution < 1.29 is 9.59 Å². The van der Waals surface area contributed by atoms with Crippen molar-refractivity contribution in [2.45, 2.75) is 18.9 Å². The van der Waals surface area contributed by atoms with Crippen molar-refractivity contribution in [1.82, 2.24) is 14.5 Å². The lowest BCUT2D eigenvalue weighted by Gasteiger charge is -2.13. The number of rotatable bonds is 4. The van der Waals surface area contributed by atoms with Gasteiger partial charge in [-0.2, -0.15) is 0 Å². The summed E-state index contributed by atoms with van der Waals surface area (Å²) in [5.74, 6) is -0.903. The molecular weight excluding hydrogens is 324 g/mol. The zero-order chi connectivity index (χ0) is 18.1. The fourth-order valence-electron chi connectivity index (χ4n) is 2.42. The van der Waals surface area contributed by atoms with Crippen LogP contribution in [0.4, 0.5) is 5.69 Å². The van der Waals surface area contributed by atoms with Crippen LogP contribution in [0, 0.1) is 0 Å². The van der Waals surface area contributed by atoms with E-state index in [1.807, 2.05) is 0 Å². The van der Waals surface area contributed by atoms with Crippen LogP contribution in [-0.2, 0) is 14.1 Å². The summed E-state index contributed by atoms with van der Waals surface area (Å²) in [5, 5.41) is 5.47. The standard InChI is InChI=1S/C17H18N4O4/c1-20-13(9-14(22)21(2)17(20)25)16(24)19-12-6-4-3-5-11(12)15(23)18-10-7-8-10/h3-6,9-10H,7-8H2,1-2H3,(H,18,23)(H,19,24). The lowest BCUT2D eigenvalue weighted by molar-refractivity contribution is 0.0952. The molecule has 1 fully saturated rings. The van der Waals surface area contributed by atoms with Gasteiger partial charge in [-0.1, -0.05) is 12.1 Å². The Morgan fingerprint density at radius 3 is 2.40 bits per heavy atom. The average molecular weight is 342 g/mol. The summed E-state index contributed by atoms with van der Waals surface area (Å²) in [6.07, 6.45) is 1.91. The number of nitrogens with one attached hydrogen (secondary N) is 2. The molecular formula is C17H18N4O4. The molecule has 1 saturated carbocycles. The molecule has 130 valence electrons. The van der Waals surface area contributed by atoms with Crippen LogP contribution >= 0.6 is 0 Å². The summed E-state index contributed by atoms with van der Waals surface area (Å²) in [5.41, 5.74) is -0.605. The third kappa shape index (κ3) is 3.37. The fourth-order valence-corrected chi connectivity index (χ4v) is 2.42. The van der Waals surface area contributed by atoms with Crippen molar-refractivity contribution >= 4 is 17.5 Å². The van der Waals surface area contributed by atoms with Crippen LogP contribution in [0.1, 0.15) is 33.7 Å². The van der Waals surface area contributed by atoms with Crippen LogP contribution in [0.15, 0.2) is 39.9 Å². The van der Waals surface area contributed by atoms with Gasteiger partial charge in [0.15, 0.2) is 0 Å². The maximum atomic E-state index is 12.5. The molecule has 8 nitrogen and oxygen atoms in total. The van der Waals surface area contributed by atoms with Gasteiger partial charge in [0.25, 0.3) is 17.4 Å². The highest BCUT2D eigenvalue weighted by Gasteiger charge is 2.25. The first-order chi connectivity index (χ1) is 11.9. The molecule has 8 heteroatoms. The Balaban J connectivity index is 1.90. The minimum Gasteiger partial charge on any atom is -0.349 e. The highest BCUT2D eigenvalue weighted by molar-refractivity contribution is 6.08. The normalized spacial score (nSPS) is 13.4. The van der Waals surface area contributed by atoms with E-state index in [-0.39, 0.29) is 17.6 Å². The van der Waals surface area contributed by atoms with E-state index in [1.54, 1.807) is 24.3 Å². The Bertz CT molecular complexity index is 969. The number of carbonyl (C=O) groups excluding carboxylic acids is 2. The van der Waals surface area contributed by atoms with Crippen molar-refractivity contribution in [1.29, 1.82) is 0 Å². The van der Waals surface area contributed by atoms with Gasteiger partial charge in [-0.15, -0.1) is 0 Å². The minimum absolute atomic E-state index is 0.0782. The number of carbonyl (C=O) groups is 2. The third-order valence-corrected chi connectivity index (χ3v) is 4.09. The minimum atomic E-state index is -0.635. The molecule has 1 heterocycles. The highest BCUT2D eigenvalue weighted by Crippen LogP contribution is 2.21. The van der Waals surface area contributed by atoms with Gasteiger partial charge < -0.3 is 10.6 Å². The molecule has 25 heavy (non-hydrogen) atoms. The van der Waals surface area contributed by atoms with E-state index in [1.165, 1.54) is 14.1 Å².